The van der Waals surface area contributed by atoms with Crippen LogP contribution in [0.4, 0.5) is 11.1 Å². The zero-order chi connectivity index (χ0) is 14.9. The van der Waals surface area contributed by atoms with Crippen molar-refractivity contribution in [1.82, 2.24) is 15.2 Å². The van der Waals surface area contributed by atoms with E-state index in [2.05, 4.69) is 20.5 Å². The molecule has 0 aliphatic heterocycles. The number of fused-ring (bicyclic) bond motifs is 1. The topological polar surface area (TPSA) is 86.2 Å². The third-order valence-corrected chi connectivity index (χ3v) is 3.92. The number of rotatable bonds is 4. The first-order valence-electron chi connectivity index (χ1n) is 6.41. The van der Waals surface area contributed by atoms with Crippen LogP contribution in [-0.2, 0) is 0 Å². The van der Waals surface area contributed by atoms with Crippen LogP contribution in [0.3, 0.4) is 0 Å². The Morgan fingerprint density at radius 3 is 3.00 bits per heavy atom. The van der Waals surface area contributed by atoms with Crippen LogP contribution >= 0.6 is 11.3 Å². The van der Waals surface area contributed by atoms with Gasteiger partial charge in [-0.2, -0.15) is 0 Å². The van der Waals surface area contributed by atoms with E-state index < -0.39 is 0 Å². The summed E-state index contributed by atoms with van der Waals surface area (Å²) in [5, 5.41) is 11.5. The second-order valence-corrected chi connectivity index (χ2v) is 5.40. The van der Waals surface area contributed by atoms with Gasteiger partial charge in [0.15, 0.2) is 10.9 Å². The minimum absolute atomic E-state index is 0.262. The normalized spacial score (nSPS) is 11.0. The van der Waals surface area contributed by atoms with Crippen LogP contribution in [0.2, 0.25) is 0 Å². The summed E-state index contributed by atoms with van der Waals surface area (Å²) < 4.78 is 16.9. The summed E-state index contributed by atoms with van der Waals surface area (Å²) in [6, 6.07) is 9.50. The average molecular weight is 314 g/mol. The number of aromatic nitrogens is 3. The molecule has 4 aromatic rings. The predicted molar refractivity (Wildman–Crippen MR) is 81.5 cm³/mol. The molecular weight excluding hydrogens is 304 g/mol. The number of furan rings is 1. The molecule has 8 heteroatoms. The highest BCUT2D eigenvalue weighted by molar-refractivity contribution is 7.22. The van der Waals surface area contributed by atoms with Gasteiger partial charge in [0.2, 0.25) is 0 Å². The molecule has 22 heavy (non-hydrogen) atoms. The SMILES string of the molecule is COc1ccc2sc(Nc3nnc(-c4ccco4)o3)nc2c1. The Labute approximate surface area is 128 Å². The fourth-order valence-corrected chi connectivity index (χ4v) is 2.79. The van der Waals surface area contributed by atoms with E-state index in [-0.39, 0.29) is 6.01 Å². The van der Waals surface area contributed by atoms with Gasteiger partial charge in [-0.15, -0.1) is 5.10 Å². The molecule has 1 aromatic carbocycles. The van der Waals surface area contributed by atoms with E-state index in [0.717, 1.165) is 16.0 Å². The molecule has 1 N–H and O–H groups in total. The molecule has 0 aliphatic carbocycles. The van der Waals surface area contributed by atoms with Crippen molar-refractivity contribution in [2.45, 2.75) is 0 Å². The fourth-order valence-electron chi connectivity index (χ4n) is 1.95. The van der Waals surface area contributed by atoms with Gasteiger partial charge in [0.05, 0.1) is 23.6 Å². The highest BCUT2D eigenvalue weighted by atomic mass is 32.1. The molecule has 0 spiro atoms. The predicted octanol–water partition coefficient (Wildman–Crippen LogP) is 3.69. The molecule has 0 atom stereocenters. The van der Waals surface area contributed by atoms with Crippen molar-refractivity contribution >= 4 is 32.7 Å². The monoisotopic (exact) mass is 314 g/mol. The summed E-state index contributed by atoms with van der Waals surface area (Å²) in [6.45, 7) is 0. The van der Waals surface area contributed by atoms with Gasteiger partial charge in [0.25, 0.3) is 5.89 Å². The Morgan fingerprint density at radius 1 is 1.23 bits per heavy atom. The summed E-state index contributed by atoms with van der Waals surface area (Å²) in [5.74, 6) is 1.60. The van der Waals surface area contributed by atoms with Gasteiger partial charge < -0.3 is 13.6 Å². The van der Waals surface area contributed by atoms with Crippen LogP contribution in [0.5, 0.6) is 5.75 Å². The van der Waals surface area contributed by atoms with Gasteiger partial charge in [-0.05, 0) is 24.3 Å². The summed E-state index contributed by atoms with van der Waals surface area (Å²) >= 11 is 1.49. The smallest absolute Gasteiger partial charge is 0.322 e. The number of benzene rings is 1. The summed E-state index contributed by atoms with van der Waals surface area (Å²) in [5.41, 5.74) is 0.845. The zero-order valence-corrected chi connectivity index (χ0v) is 12.3. The van der Waals surface area contributed by atoms with E-state index in [1.165, 1.54) is 11.3 Å². The van der Waals surface area contributed by atoms with Crippen molar-refractivity contribution < 1.29 is 13.6 Å². The second kappa shape index (κ2) is 5.15. The number of methoxy groups -OCH3 is 1. The van der Waals surface area contributed by atoms with E-state index in [4.69, 9.17) is 13.6 Å². The van der Waals surface area contributed by atoms with Gasteiger partial charge in [-0.3, -0.25) is 5.32 Å². The Morgan fingerprint density at radius 2 is 2.18 bits per heavy atom. The number of hydrogen-bond donors (Lipinski definition) is 1. The minimum Gasteiger partial charge on any atom is -0.497 e. The molecule has 0 radical (unpaired) electrons. The van der Waals surface area contributed by atoms with Gasteiger partial charge >= 0.3 is 6.01 Å². The van der Waals surface area contributed by atoms with E-state index in [0.29, 0.717) is 16.8 Å². The van der Waals surface area contributed by atoms with Gasteiger partial charge in [-0.1, -0.05) is 16.4 Å². The molecule has 0 fully saturated rings. The number of thiazole rings is 1. The number of nitrogens with zero attached hydrogens (tertiary/aromatic N) is 3. The first kappa shape index (κ1) is 12.8. The second-order valence-electron chi connectivity index (χ2n) is 4.37. The molecule has 0 saturated heterocycles. The molecule has 3 heterocycles. The Hall–Kier alpha value is -2.87. The van der Waals surface area contributed by atoms with Crippen LogP contribution < -0.4 is 10.1 Å². The molecule has 7 nitrogen and oxygen atoms in total. The Bertz CT molecular complexity index is 913. The van der Waals surface area contributed by atoms with E-state index in [9.17, 15) is 0 Å². The van der Waals surface area contributed by atoms with E-state index in [1.807, 2.05) is 18.2 Å². The zero-order valence-electron chi connectivity index (χ0n) is 11.4. The highest BCUT2D eigenvalue weighted by Gasteiger charge is 2.12. The number of hydrogen-bond acceptors (Lipinski definition) is 8. The molecule has 0 aliphatic rings. The van der Waals surface area contributed by atoms with Crippen molar-refractivity contribution in [3.63, 3.8) is 0 Å². The van der Waals surface area contributed by atoms with Crippen molar-refractivity contribution in [2.24, 2.45) is 0 Å². The lowest BCUT2D eigenvalue weighted by Crippen LogP contribution is -1.88. The van der Waals surface area contributed by atoms with E-state index in [1.54, 1.807) is 25.5 Å². The van der Waals surface area contributed by atoms with Crippen molar-refractivity contribution in [3.8, 4) is 17.4 Å². The average Bonchev–Trinajstić information content (AvgIpc) is 3.26. The van der Waals surface area contributed by atoms with Crippen molar-refractivity contribution in [3.05, 3.63) is 36.6 Å². The lowest BCUT2D eigenvalue weighted by molar-refractivity contribution is 0.415. The Balaban J connectivity index is 1.60. The van der Waals surface area contributed by atoms with Gasteiger partial charge in [-0.25, -0.2) is 4.98 Å². The third-order valence-electron chi connectivity index (χ3n) is 2.97. The van der Waals surface area contributed by atoms with Crippen LogP contribution in [0, 0.1) is 0 Å². The fraction of sp³-hybridized carbons (Fsp3) is 0.0714. The maximum absolute atomic E-state index is 5.49. The maximum Gasteiger partial charge on any atom is 0.322 e. The Kier molecular flexibility index (Phi) is 3.01. The number of ether oxygens (including phenoxy) is 1. The van der Waals surface area contributed by atoms with E-state index >= 15 is 0 Å². The number of nitrogens with one attached hydrogen (secondary N) is 1. The first-order chi connectivity index (χ1) is 10.8. The minimum atomic E-state index is 0.262. The summed E-state index contributed by atoms with van der Waals surface area (Å²) in [4.78, 5) is 4.46. The largest absolute Gasteiger partial charge is 0.497 e. The van der Waals surface area contributed by atoms with Crippen LogP contribution in [0.1, 0.15) is 0 Å². The molecule has 3 aromatic heterocycles. The van der Waals surface area contributed by atoms with Crippen molar-refractivity contribution in [2.75, 3.05) is 12.4 Å². The molecule has 4 rings (SSSR count). The summed E-state index contributed by atoms with van der Waals surface area (Å²) in [7, 11) is 1.63. The molecular formula is C14H10N4O3S. The van der Waals surface area contributed by atoms with Crippen LogP contribution in [0.25, 0.3) is 21.9 Å². The van der Waals surface area contributed by atoms with Crippen molar-refractivity contribution in [1.29, 1.82) is 0 Å². The standard InChI is InChI=1S/C14H10N4O3S/c1-19-8-4-5-11-9(7-8)15-14(22-11)16-13-18-17-12(21-13)10-3-2-6-20-10/h2-7H,1H3,(H,15,16,18). The lowest BCUT2D eigenvalue weighted by atomic mass is 10.3. The first-order valence-corrected chi connectivity index (χ1v) is 7.22. The summed E-state index contributed by atoms with van der Waals surface area (Å²) in [6.07, 6.45) is 1.55. The molecule has 0 unspecified atom stereocenters. The molecule has 110 valence electrons. The molecule has 0 saturated carbocycles. The van der Waals surface area contributed by atoms with Gasteiger partial charge in [0.1, 0.15) is 5.75 Å². The number of anilines is 2. The van der Waals surface area contributed by atoms with Crippen LogP contribution in [0.15, 0.2) is 45.4 Å². The quantitative estimate of drug-likeness (QED) is 0.614. The molecule has 0 amide bonds. The molecule has 0 bridgehead atoms. The van der Waals surface area contributed by atoms with Crippen LogP contribution in [-0.4, -0.2) is 22.3 Å². The third kappa shape index (κ3) is 2.29. The van der Waals surface area contributed by atoms with Gasteiger partial charge in [0, 0.05) is 6.07 Å². The maximum atomic E-state index is 5.49. The highest BCUT2D eigenvalue weighted by Crippen LogP contribution is 2.31. The lowest BCUT2D eigenvalue weighted by Gasteiger charge is -1.96.